The zero-order valence-electron chi connectivity index (χ0n) is 22.7. The second-order valence-corrected chi connectivity index (χ2v) is 10.7. The number of nitrogens with one attached hydrogen (secondary N) is 1. The maximum Gasteiger partial charge on any atom is 0.251 e. The van der Waals surface area contributed by atoms with Crippen LogP contribution in [-0.4, -0.2) is 39.8 Å². The lowest BCUT2D eigenvalue weighted by Crippen LogP contribution is -2.34. The molecule has 2 aromatic heterocycles. The largest absolute Gasteiger partial charge is 0.366 e. The van der Waals surface area contributed by atoms with E-state index in [0.29, 0.717) is 34.2 Å². The van der Waals surface area contributed by atoms with E-state index in [2.05, 4.69) is 20.4 Å². The van der Waals surface area contributed by atoms with Crippen molar-refractivity contribution in [3.63, 3.8) is 0 Å². The summed E-state index contributed by atoms with van der Waals surface area (Å²) < 4.78 is 44.2. The van der Waals surface area contributed by atoms with Gasteiger partial charge in [-0.3, -0.25) is 24.2 Å². The molecule has 0 saturated heterocycles. The summed E-state index contributed by atoms with van der Waals surface area (Å²) >= 11 is 0. The first-order chi connectivity index (χ1) is 20.2. The molecular formula is C31H27F3N6O2. The van der Waals surface area contributed by atoms with Crippen molar-refractivity contribution >= 4 is 18.0 Å². The van der Waals surface area contributed by atoms with Crippen molar-refractivity contribution in [2.45, 2.75) is 37.8 Å². The fourth-order valence-electron chi connectivity index (χ4n) is 5.95. The monoisotopic (exact) mass is 572 g/mol. The number of carbonyl (C=O) groups excluding carboxylic acids is 2. The Kier molecular flexibility index (Phi) is 7.09. The first-order valence-electron chi connectivity index (χ1n) is 13.5. The van der Waals surface area contributed by atoms with Gasteiger partial charge in [0, 0.05) is 42.3 Å². The summed E-state index contributed by atoms with van der Waals surface area (Å²) in [6.45, 7) is -0.0715. The predicted molar refractivity (Wildman–Crippen MR) is 149 cm³/mol. The van der Waals surface area contributed by atoms with Gasteiger partial charge in [0.1, 0.15) is 29.7 Å². The average Bonchev–Trinajstić information content (AvgIpc) is 3.48. The van der Waals surface area contributed by atoms with Crippen LogP contribution in [0.1, 0.15) is 56.9 Å². The van der Waals surface area contributed by atoms with E-state index in [1.54, 1.807) is 30.1 Å². The molecule has 0 bridgehead atoms. The molecule has 3 N–H and O–H groups in total. The molecule has 3 atom stereocenters. The number of fused-ring (bicyclic) bond motifs is 3. The minimum Gasteiger partial charge on any atom is -0.366 e. The lowest BCUT2D eigenvalue weighted by molar-refractivity contribution is -0.122. The van der Waals surface area contributed by atoms with Crippen LogP contribution in [-0.2, 0) is 24.2 Å². The number of aromatic nitrogens is 3. The SMILES string of the molecule is CN=Cc1nn(CC(=O)N[C@@H](Cc2cc(F)cc(F)c2)c2ncccc2-c2ccc(F)c(C(N)=O)c2)c2c1C1C[C@H]1C2. The molecule has 8 nitrogen and oxygen atoms in total. The summed E-state index contributed by atoms with van der Waals surface area (Å²) in [6, 6.07) is 9.58. The molecule has 1 saturated carbocycles. The highest BCUT2D eigenvalue weighted by molar-refractivity contribution is 5.94. The second-order valence-electron chi connectivity index (χ2n) is 10.7. The van der Waals surface area contributed by atoms with Crippen LogP contribution in [0.3, 0.4) is 0 Å². The molecule has 1 fully saturated rings. The Morgan fingerprint density at radius 3 is 2.69 bits per heavy atom. The van der Waals surface area contributed by atoms with Gasteiger partial charge in [0.15, 0.2) is 0 Å². The normalized spacial score (nSPS) is 17.6. The van der Waals surface area contributed by atoms with E-state index >= 15 is 0 Å². The van der Waals surface area contributed by atoms with Gasteiger partial charge in [-0.1, -0.05) is 12.1 Å². The molecule has 0 aliphatic heterocycles. The van der Waals surface area contributed by atoms with Gasteiger partial charge in [-0.05, 0) is 72.6 Å². The number of rotatable bonds is 9. The Labute approximate surface area is 239 Å². The van der Waals surface area contributed by atoms with Crippen molar-refractivity contribution in [1.82, 2.24) is 20.1 Å². The number of benzene rings is 2. The van der Waals surface area contributed by atoms with Gasteiger partial charge in [0.25, 0.3) is 5.91 Å². The minimum absolute atomic E-state index is 0.00338. The van der Waals surface area contributed by atoms with E-state index in [1.807, 2.05) is 0 Å². The molecule has 6 rings (SSSR count). The maximum atomic E-state index is 14.2. The van der Waals surface area contributed by atoms with Crippen molar-refractivity contribution < 1.29 is 22.8 Å². The van der Waals surface area contributed by atoms with Crippen molar-refractivity contribution in [2.75, 3.05) is 7.05 Å². The van der Waals surface area contributed by atoms with Gasteiger partial charge < -0.3 is 11.1 Å². The van der Waals surface area contributed by atoms with Gasteiger partial charge in [0.2, 0.25) is 5.91 Å². The first-order valence-corrected chi connectivity index (χ1v) is 13.5. The van der Waals surface area contributed by atoms with E-state index in [-0.39, 0.29) is 24.4 Å². The zero-order chi connectivity index (χ0) is 29.5. The zero-order valence-corrected chi connectivity index (χ0v) is 22.7. The molecule has 0 radical (unpaired) electrons. The number of hydrogen-bond acceptors (Lipinski definition) is 5. The molecule has 2 heterocycles. The molecule has 4 aromatic rings. The van der Waals surface area contributed by atoms with E-state index in [9.17, 15) is 22.8 Å². The first kappa shape index (κ1) is 27.4. The van der Waals surface area contributed by atoms with Crippen molar-refractivity contribution in [1.29, 1.82) is 0 Å². The summed E-state index contributed by atoms with van der Waals surface area (Å²) in [5.41, 5.74) is 9.59. The Bertz CT molecular complexity index is 1730. The van der Waals surface area contributed by atoms with E-state index < -0.39 is 29.4 Å². The van der Waals surface area contributed by atoms with Crippen LogP contribution in [0.15, 0.2) is 59.7 Å². The lowest BCUT2D eigenvalue weighted by Gasteiger charge is -2.22. The van der Waals surface area contributed by atoms with Gasteiger partial charge in [-0.25, -0.2) is 13.2 Å². The van der Waals surface area contributed by atoms with Gasteiger partial charge >= 0.3 is 0 Å². The van der Waals surface area contributed by atoms with Crippen molar-refractivity contribution in [3.05, 3.63) is 106 Å². The smallest absolute Gasteiger partial charge is 0.251 e. The molecule has 2 aromatic carbocycles. The molecule has 2 aliphatic carbocycles. The highest BCUT2D eigenvalue weighted by atomic mass is 19.1. The summed E-state index contributed by atoms with van der Waals surface area (Å²) in [4.78, 5) is 34.0. The van der Waals surface area contributed by atoms with Crippen LogP contribution in [0.2, 0.25) is 0 Å². The molecule has 2 amide bonds. The standard InChI is InChI=1S/C31H27F3N6O2/c1-36-14-26-29-22-11-18(22)12-27(29)40(39-26)15-28(41)38-25(9-16-7-19(32)13-20(33)8-16)30-21(3-2-6-37-30)17-4-5-24(34)23(10-17)31(35)42/h2-8,10,13-14,18,22,25H,9,11-12,15H2,1H3,(H2,35,42)(H,38,41)/t18-,22?,25-/m0/s1. The molecule has 214 valence electrons. The number of carbonyl (C=O) groups is 2. The van der Waals surface area contributed by atoms with E-state index in [0.717, 1.165) is 41.9 Å². The second kappa shape index (κ2) is 10.9. The number of aliphatic imine (C=N–C) groups is 1. The van der Waals surface area contributed by atoms with Crippen LogP contribution >= 0.6 is 0 Å². The fourth-order valence-corrected chi connectivity index (χ4v) is 5.95. The van der Waals surface area contributed by atoms with Crippen LogP contribution < -0.4 is 11.1 Å². The van der Waals surface area contributed by atoms with Gasteiger partial charge in [0.05, 0.1) is 17.3 Å². The number of nitrogens with zero attached hydrogens (tertiary/aromatic N) is 4. The summed E-state index contributed by atoms with van der Waals surface area (Å²) in [5.74, 6) is -2.56. The third-order valence-corrected chi connectivity index (χ3v) is 7.83. The average molecular weight is 573 g/mol. The van der Waals surface area contributed by atoms with E-state index in [1.165, 1.54) is 30.5 Å². The topological polar surface area (TPSA) is 115 Å². The third-order valence-electron chi connectivity index (χ3n) is 7.83. The number of nitrogens with two attached hydrogens (primary N) is 1. The predicted octanol–water partition coefficient (Wildman–Crippen LogP) is 4.27. The van der Waals surface area contributed by atoms with E-state index in [4.69, 9.17) is 5.73 Å². The molecule has 11 heteroatoms. The van der Waals surface area contributed by atoms with Crippen LogP contribution in [0, 0.1) is 23.4 Å². The highest BCUT2D eigenvalue weighted by Gasteiger charge is 2.49. The molecular weight excluding hydrogens is 545 g/mol. The number of pyridine rings is 1. The summed E-state index contributed by atoms with van der Waals surface area (Å²) in [7, 11) is 1.68. The molecule has 0 spiro atoms. The fraction of sp³-hybridized carbons (Fsp3) is 0.258. The lowest BCUT2D eigenvalue weighted by atomic mass is 9.94. The summed E-state index contributed by atoms with van der Waals surface area (Å²) in [6.07, 6.45) is 5.19. The third kappa shape index (κ3) is 5.29. The van der Waals surface area contributed by atoms with Gasteiger partial charge in [-0.15, -0.1) is 0 Å². The Morgan fingerprint density at radius 1 is 1.17 bits per heavy atom. The highest BCUT2D eigenvalue weighted by Crippen LogP contribution is 2.57. The van der Waals surface area contributed by atoms with Crippen molar-refractivity contribution in [3.8, 4) is 11.1 Å². The number of halogens is 3. The minimum atomic E-state index is -0.934. The van der Waals surface area contributed by atoms with Crippen LogP contribution in [0.25, 0.3) is 11.1 Å². The number of amides is 2. The number of primary amides is 1. The molecule has 2 aliphatic rings. The van der Waals surface area contributed by atoms with Crippen LogP contribution in [0.4, 0.5) is 13.2 Å². The number of hydrogen-bond donors (Lipinski definition) is 2. The Morgan fingerprint density at radius 2 is 1.95 bits per heavy atom. The maximum absolute atomic E-state index is 14.2. The molecule has 42 heavy (non-hydrogen) atoms. The van der Waals surface area contributed by atoms with Crippen LogP contribution in [0.5, 0.6) is 0 Å². The quantitative estimate of drug-likeness (QED) is 0.292. The summed E-state index contributed by atoms with van der Waals surface area (Å²) in [5, 5.41) is 7.61. The Hall–Kier alpha value is -4.80. The Balaban J connectivity index is 1.35. The molecule has 1 unspecified atom stereocenters. The van der Waals surface area contributed by atoms with Gasteiger partial charge in [-0.2, -0.15) is 5.10 Å². The van der Waals surface area contributed by atoms with Crippen molar-refractivity contribution in [2.24, 2.45) is 16.6 Å².